The Balaban J connectivity index is 2.16. The number of aliphatic hydroxyl groups excluding tert-OH is 1. The molecule has 0 fully saturated rings. The highest BCUT2D eigenvalue weighted by atomic mass is 16.3. The summed E-state index contributed by atoms with van der Waals surface area (Å²) in [5, 5.41) is 8.73. The van der Waals surface area contributed by atoms with Crippen LogP contribution in [0.25, 0.3) is 0 Å². The van der Waals surface area contributed by atoms with E-state index in [0.717, 1.165) is 12.8 Å². The molecule has 0 aliphatic heterocycles. The van der Waals surface area contributed by atoms with Gasteiger partial charge in [-0.1, -0.05) is 24.3 Å². The topological polar surface area (TPSA) is 20.2 Å². The molecule has 1 N–H and O–H groups in total. The third kappa shape index (κ3) is 1.05. The van der Waals surface area contributed by atoms with Crippen LogP contribution in [-0.2, 0) is 6.42 Å². The first-order valence-corrected chi connectivity index (χ1v) is 4.10. The maximum atomic E-state index is 8.73. The van der Waals surface area contributed by atoms with Crippen molar-refractivity contribution in [1.29, 1.82) is 0 Å². The highest BCUT2D eigenvalue weighted by Gasteiger charge is 2.23. The van der Waals surface area contributed by atoms with Gasteiger partial charge in [-0.25, -0.2) is 0 Å². The van der Waals surface area contributed by atoms with Crippen LogP contribution in [0.2, 0.25) is 0 Å². The molecule has 0 heterocycles. The Labute approximate surface area is 66.7 Å². The summed E-state index contributed by atoms with van der Waals surface area (Å²) < 4.78 is 0. The fraction of sp³-hybridized carbons (Fsp3) is 0.400. The molecule has 0 radical (unpaired) electrons. The van der Waals surface area contributed by atoms with Gasteiger partial charge in [0.05, 0.1) is 0 Å². The third-order valence-electron chi connectivity index (χ3n) is 2.44. The van der Waals surface area contributed by atoms with Gasteiger partial charge in [0.15, 0.2) is 0 Å². The predicted octanol–water partition coefficient (Wildman–Crippen LogP) is 1.71. The Morgan fingerprint density at radius 1 is 1.36 bits per heavy atom. The van der Waals surface area contributed by atoms with Crippen LogP contribution in [0, 0.1) is 0 Å². The average molecular weight is 148 g/mol. The molecule has 1 nitrogen and oxygen atoms in total. The number of aliphatic hydroxyl groups is 1. The molecule has 1 heteroatoms. The molecule has 1 aromatic carbocycles. The maximum absolute atomic E-state index is 8.73. The summed E-state index contributed by atoms with van der Waals surface area (Å²) in [6, 6.07) is 8.48. The molecule has 2 rings (SSSR count). The molecule has 0 bridgehead atoms. The third-order valence-corrected chi connectivity index (χ3v) is 2.44. The zero-order valence-corrected chi connectivity index (χ0v) is 6.46. The summed E-state index contributed by atoms with van der Waals surface area (Å²) in [7, 11) is 0. The SMILES string of the molecule is OCCC1Cc2ccccc21. The minimum Gasteiger partial charge on any atom is -0.396 e. The van der Waals surface area contributed by atoms with E-state index in [1.54, 1.807) is 0 Å². The number of hydrogen-bond donors (Lipinski definition) is 1. The fourth-order valence-corrected chi connectivity index (χ4v) is 1.78. The first kappa shape index (κ1) is 6.86. The Hall–Kier alpha value is -0.820. The Morgan fingerprint density at radius 2 is 2.18 bits per heavy atom. The van der Waals surface area contributed by atoms with E-state index in [0.29, 0.717) is 12.5 Å². The van der Waals surface area contributed by atoms with E-state index in [4.69, 9.17) is 5.11 Å². The van der Waals surface area contributed by atoms with E-state index in [1.807, 2.05) is 0 Å². The number of benzene rings is 1. The van der Waals surface area contributed by atoms with Gasteiger partial charge >= 0.3 is 0 Å². The lowest BCUT2D eigenvalue weighted by Crippen LogP contribution is -2.17. The van der Waals surface area contributed by atoms with Crippen LogP contribution in [-0.4, -0.2) is 11.7 Å². The van der Waals surface area contributed by atoms with E-state index in [-0.39, 0.29) is 0 Å². The van der Waals surface area contributed by atoms with Crippen LogP contribution in [0.5, 0.6) is 0 Å². The van der Waals surface area contributed by atoms with Crippen molar-refractivity contribution in [3.8, 4) is 0 Å². The zero-order valence-electron chi connectivity index (χ0n) is 6.46. The zero-order chi connectivity index (χ0) is 7.68. The molecule has 0 saturated heterocycles. The van der Waals surface area contributed by atoms with Gasteiger partial charge in [-0.3, -0.25) is 0 Å². The second kappa shape index (κ2) is 2.67. The molecule has 1 aliphatic rings. The van der Waals surface area contributed by atoms with Crippen molar-refractivity contribution in [2.24, 2.45) is 0 Å². The molecular formula is C10H12O. The van der Waals surface area contributed by atoms with Crippen molar-refractivity contribution in [3.05, 3.63) is 35.4 Å². The molecule has 11 heavy (non-hydrogen) atoms. The van der Waals surface area contributed by atoms with Crippen LogP contribution < -0.4 is 0 Å². The normalized spacial score (nSPS) is 20.6. The maximum Gasteiger partial charge on any atom is 0.0436 e. The largest absolute Gasteiger partial charge is 0.396 e. The average Bonchev–Trinajstić information content (AvgIpc) is 2.01. The Bertz CT molecular complexity index is 255. The summed E-state index contributed by atoms with van der Waals surface area (Å²) in [5.74, 6) is 0.635. The van der Waals surface area contributed by atoms with Gasteiger partial charge in [-0.15, -0.1) is 0 Å². The summed E-state index contributed by atoms with van der Waals surface area (Å²) in [6.45, 7) is 0.318. The lowest BCUT2D eigenvalue weighted by molar-refractivity contribution is 0.270. The van der Waals surface area contributed by atoms with Gasteiger partial charge in [0, 0.05) is 6.61 Å². The predicted molar refractivity (Wildman–Crippen MR) is 44.6 cm³/mol. The van der Waals surface area contributed by atoms with Crippen LogP contribution in [0.1, 0.15) is 23.5 Å². The molecule has 58 valence electrons. The van der Waals surface area contributed by atoms with Crippen molar-refractivity contribution >= 4 is 0 Å². The van der Waals surface area contributed by atoms with Gasteiger partial charge in [-0.2, -0.15) is 0 Å². The number of hydrogen-bond acceptors (Lipinski definition) is 1. The first-order chi connectivity index (χ1) is 5.42. The molecule has 1 atom stereocenters. The fourth-order valence-electron chi connectivity index (χ4n) is 1.78. The molecule has 1 aliphatic carbocycles. The van der Waals surface area contributed by atoms with Crippen LogP contribution in [0.4, 0.5) is 0 Å². The van der Waals surface area contributed by atoms with Crippen molar-refractivity contribution in [1.82, 2.24) is 0 Å². The van der Waals surface area contributed by atoms with Crippen molar-refractivity contribution in [2.45, 2.75) is 18.8 Å². The summed E-state index contributed by atoms with van der Waals surface area (Å²) in [6.07, 6.45) is 2.09. The molecule has 0 saturated carbocycles. The lowest BCUT2D eigenvalue weighted by Gasteiger charge is -2.29. The van der Waals surface area contributed by atoms with Crippen molar-refractivity contribution < 1.29 is 5.11 Å². The molecule has 0 spiro atoms. The lowest BCUT2D eigenvalue weighted by atomic mass is 9.76. The highest BCUT2D eigenvalue weighted by Crippen LogP contribution is 2.36. The molecule has 1 unspecified atom stereocenters. The quantitative estimate of drug-likeness (QED) is 0.677. The molecular weight excluding hydrogens is 136 g/mol. The Kier molecular flexibility index (Phi) is 1.66. The van der Waals surface area contributed by atoms with Crippen molar-refractivity contribution in [2.75, 3.05) is 6.61 Å². The molecule has 0 amide bonds. The van der Waals surface area contributed by atoms with E-state index < -0.39 is 0 Å². The monoisotopic (exact) mass is 148 g/mol. The van der Waals surface area contributed by atoms with E-state index >= 15 is 0 Å². The number of fused-ring (bicyclic) bond motifs is 1. The first-order valence-electron chi connectivity index (χ1n) is 4.10. The van der Waals surface area contributed by atoms with Gasteiger partial charge in [0.1, 0.15) is 0 Å². The Morgan fingerprint density at radius 3 is 2.91 bits per heavy atom. The molecule has 1 aromatic rings. The summed E-state index contributed by atoms with van der Waals surface area (Å²) in [5.41, 5.74) is 2.91. The van der Waals surface area contributed by atoms with Crippen LogP contribution >= 0.6 is 0 Å². The number of rotatable bonds is 2. The second-order valence-electron chi connectivity index (χ2n) is 3.11. The highest BCUT2D eigenvalue weighted by molar-refractivity contribution is 5.39. The smallest absolute Gasteiger partial charge is 0.0436 e. The van der Waals surface area contributed by atoms with E-state index in [1.165, 1.54) is 11.1 Å². The second-order valence-corrected chi connectivity index (χ2v) is 3.11. The summed E-state index contributed by atoms with van der Waals surface area (Å²) in [4.78, 5) is 0. The van der Waals surface area contributed by atoms with Gasteiger partial charge in [0.25, 0.3) is 0 Å². The minimum atomic E-state index is 0.318. The minimum absolute atomic E-state index is 0.318. The van der Waals surface area contributed by atoms with Gasteiger partial charge in [0.2, 0.25) is 0 Å². The van der Waals surface area contributed by atoms with Gasteiger partial charge in [-0.05, 0) is 29.9 Å². The van der Waals surface area contributed by atoms with E-state index in [2.05, 4.69) is 24.3 Å². The summed E-state index contributed by atoms with van der Waals surface area (Å²) >= 11 is 0. The van der Waals surface area contributed by atoms with Crippen LogP contribution in [0.3, 0.4) is 0 Å². The van der Waals surface area contributed by atoms with E-state index in [9.17, 15) is 0 Å². The van der Waals surface area contributed by atoms with Crippen LogP contribution in [0.15, 0.2) is 24.3 Å². The van der Waals surface area contributed by atoms with Crippen molar-refractivity contribution in [3.63, 3.8) is 0 Å². The van der Waals surface area contributed by atoms with Gasteiger partial charge < -0.3 is 5.11 Å². The standard InChI is InChI=1S/C10H12O/c11-6-5-9-7-8-3-1-2-4-10(8)9/h1-4,9,11H,5-7H2. The molecule has 0 aromatic heterocycles.